The second-order valence-electron chi connectivity index (χ2n) is 4.13. The lowest BCUT2D eigenvalue weighted by Crippen LogP contribution is -2.15. The van der Waals surface area contributed by atoms with Crippen LogP contribution >= 0.6 is 15.9 Å². The third-order valence-electron chi connectivity index (χ3n) is 2.93. The van der Waals surface area contributed by atoms with E-state index in [-0.39, 0.29) is 0 Å². The molecule has 4 heteroatoms. The van der Waals surface area contributed by atoms with Gasteiger partial charge in [0.15, 0.2) is 0 Å². The van der Waals surface area contributed by atoms with Gasteiger partial charge in [-0.2, -0.15) is 0 Å². The van der Waals surface area contributed by atoms with Crippen LogP contribution in [0.5, 0.6) is 0 Å². The smallest absolute Gasteiger partial charge is 0.335 e. The Bertz CT molecular complexity index is 400. The number of carbonyl (C=O) groups is 1. The Morgan fingerprint density at radius 3 is 2.69 bits per heavy atom. The van der Waals surface area contributed by atoms with Crippen LogP contribution in [0.25, 0.3) is 0 Å². The Morgan fingerprint density at radius 2 is 2.06 bits per heavy atom. The normalized spacial score (nSPS) is 16.3. The van der Waals surface area contributed by atoms with Gasteiger partial charge in [-0.3, -0.25) is 0 Å². The molecule has 0 atom stereocenters. The summed E-state index contributed by atoms with van der Waals surface area (Å²) in [5.74, 6) is -0.887. The molecule has 0 aromatic heterocycles. The second-order valence-corrected chi connectivity index (χ2v) is 4.98. The third-order valence-corrected chi connectivity index (χ3v) is 3.62. The Balaban J connectivity index is 2.17. The van der Waals surface area contributed by atoms with E-state index in [1.54, 1.807) is 18.2 Å². The summed E-state index contributed by atoms with van der Waals surface area (Å²) >= 11 is 3.43. The van der Waals surface area contributed by atoms with Gasteiger partial charge in [-0.25, -0.2) is 4.79 Å². The molecule has 1 fully saturated rings. The summed E-state index contributed by atoms with van der Waals surface area (Å²) in [6.45, 7) is 0. The van der Waals surface area contributed by atoms with Crippen LogP contribution in [0, 0.1) is 0 Å². The van der Waals surface area contributed by atoms with Crippen molar-refractivity contribution in [1.29, 1.82) is 0 Å². The molecule has 1 saturated carbocycles. The average Bonchev–Trinajstić information content (AvgIpc) is 2.73. The topological polar surface area (TPSA) is 49.3 Å². The van der Waals surface area contributed by atoms with Crippen LogP contribution in [-0.4, -0.2) is 17.1 Å². The molecule has 16 heavy (non-hydrogen) atoms. The third kappa shape index (κ3) is 2.55. The number of rotatable bonds is 3. The van der Waals surface area contributed by atoms with Gasteiger partial charge in [0.2, 0.25) is 0 Å². The van der Waals surface area contributed by atoms with Gasteiger partial charge >= 0.3 is 5.97 Å². The molecule has 0 saturated heterocycles. The molecule has 0 heterocycles. The summed E-state index contributed by atoms with van der Waals surface area (Å²) < 4.78 is 0.921. The van der Waals surface area contributed by atoms with Gasteiger partial charge in [0.25, 0.3) is 0 Å². The molecule has 1 aliphatic carbocycles. The summed E-state index contributed by atoms with van der Waals surface area (Å²) in [5.41, 5.74) is 1.20. The van der Waals surface area contributed by atoms with E-state index in [1.165, 1.54) is 25.7 Å². The Kier molecular flexibility index (Phi) is 3.49. The van der Waals surface area contributed by atoms with Crippen LogP contribution in [-0.2, 0) is 0 Å². The zero-order chi connectivity index (χ0) is 11.5. The molecule has 0 amide bonds. The first-order valence-electron chi connectivity index (χ1n) is 5.46. The summed E-state index contributed by atoms with van der Waals surface area (Å²) in [6, 6.07) is 5.55. The standard InChI is InChI=1S/C12H14BrNO2/c13-10-6-5-8(12(15)16)7-11(10)14-9-3-1-2-4-9/h5-7,9,14H,1-4H2,(H,15,16). The lowest BCUT2D eigenvalue weighted by molar-refractivity contribution is 0.0697. The maximum absolute atomic E-state index is 10.9. The van der Waals surface area contributed by atoms with Crippen molar-refractivity contribution in [3.05, 3.63) is 28.2 Å². The van der Waals surface area contributed by atoms with Crippen LogP contribution in [0.15, 0.2) is 22.7 Å². The fourth-order valence-corrected chi connectivity index (χ4v) is 2.42. The lowest BCUT2D eigenvalue weighted by atomic mass is 10.1. The first-order valence-corrected chi connectivity index (χ1v) is 6.25. The van der Waals surface area contributed by atoms with Crippen LogP contribution in [0.2, 0.25) is 0 Å². The van der Waals surface area contributed by atoms with Crippen LogP contribution < -0.4 is 5.32 Å². The van der Waals surface area contributed by atoms with Gasteiger partial charge in [-0.05, 0) is 47.0 Å². The second kappa shape index (κ2) is 4.87. The van der Waals surface area contributed by atoms with Crippen molar-refractivity contribution in [1.82, 2.24) is 0 Å². The van der Waals surface area contributed by atoms with Crippen molar-refractivity contribution in [2.24, 2.45) is 0 Å². The summed E-state index contributed by atoms with van der Waals surface area (Å²) in [5, 5.41) is 12.3. The Morgan fingerprint density at radius 1 is 1.38 bits per heavy atom. The van der Waals surface area contributed by atoms with Crippen molar-refractivity contribution in [3.63, 3.8) is 0 Å². The largest absolute Gasteiger partial charge is 0.478 e. The zero-order valence-corrected chi connectivity index (χ0v) is 10.5. The minimum atomic E-state index is -0.887. The maximum atomic E-state index is 10.9. The fraction of sp³-hybridized carbons (Fsp3) is 0.417. The van der Waals surface area contributed by atoms with Gasteiger partial charge in [0, 0.05) is 16.2 Å². The number of hydrogen-bond acceptors (Lipinski definition) is 2. The molecule has 1 aliphatic rings. The van der Waals surface area contributed by atoms with E-state index in [0.29, 0.717) is 11.6 Å². The molecule has 0 unspecified atom stereocenters. The number of benzene rings is 1. The molecule has 1 aromatic carbocycles. The number of carboxylic acids is 1. The van der Waals surface area contributed by atoms with E-state index in [4.69, 9.17) is 5.11 Å². The molecule has 1 aromatic rings. The van der Waals surface area contributed by atoms with Gasteiger partial charge in [0.1, 0.15) is 0 Å². The molecule has 0 spiro atoms. The number of carboxylic acid groups (broad SMARTS) is 1. The van der Waals surface area contributed by atoms with Gasteiger partial charge in [-0.15, -0.1) is 0 Å². The number of nitrogens with one attached hydrogen (secondary N) is 1. The summed E-state index contributed by atoms with van der Waals surface area (Å²) in [4.78, 5) is 10.9. The molecule has 86 valence electrons. The van der Waals surface area contributed by atoms with Crippen LogP contribution in [0.1, 0.15) is 36.0 Å². The first kappa shape index (κ1) is 11.5. The predicted molar refractivity (Wildman–Crippen MR) is 67.0 cm³/mol. The fourth-order valence-electron chi connectivity index (χ4n) is 2.06. The van der Waals surface area contributed by atoms with Crippen LogP contribution in [0.4, 0.5) is 5.69 Å². The number of hydrogen-bond donors (Lipinski definition) is 2. The van der Waals surface area contributed by atoms with Gasteiger partial charge in [0.05, 0.1) is 5.56 Å². The Hall–Kier alpha value is -1.03. The first-order chi connectivity index (χ1) is 7.66. The molecular formula is C12H14BrNO2. The highest BCUT2D eigenvalue weighted by atomic mass is 79.9. The number of halogens is 1. The maximum Gasteiger partial charge on any atom is 0.335 e. The number of anilines is 1. The zero-order valence-electron chi connectivity index (χ0n) is 8.87. The van der Waals surface area contributed by atoms with Crippen molar-refractivity contribution in [2.45, 2.75) is 31.7 Å². The SMILES string of the molecule is O=C(O)c1ccc(Br)c(NC2CCCC2)c1. The molecule has 0 aliphatic heterocycles. The monoisotopic (exact) mass is 283 g/mol. The van der Waals surface area contributed by atoms with E-state index in [1.807, 2.05) is 0 Å². The molecule has 3 nitrogen and oxygen atoms in total. The van der Waals surface area contributed by atoms with Crippen molar-refractivity contribution in [3.8, 4) is 0 Å². The molecule has 2 N–H and O–H groups in total. The minimum absolute atomic E-state index is 0.323. The summed E-state index contributed by atoms with van der Waals surface area (Å²) in [7, 11) is 0. The number of aromatic carboxylic acids is 1. The summed E-state index contributed by atoms with van der Waals surface area (Å²) in [6.07, 6.45) is 4.86. The van der Waals surface area contributed by atoms with Crippen molar-refractivity contribution >= 4 is 27.6 Å². The Labute approximate surface area is 103 Å². The van der Waals surface area contributed by atoms with Crippen molar-refractivity contribution < 1.29 is 9.90 Å². The highest BCUT2D eigenvalue weighted by molar-refractivity contribution is 9.10. The minimum Gasteiger partial charge on any atom is -0.478 e. The highest BCUT2D eigenvalue weighted by Crippen LogP contribution is 2.28. The quantitative estimate of drug-likeness (QED) is 0.893. The molecule has 0 radical (unpaired) electrons. The average molecular weight is 284 g/mol. The molecular weight excluding hydrogens is 270 g/mol. The highest BCUT2D eigenvalue weighted by Gasteiger charge is 2.16. The predicted octanol–water partition coefficient (Wildman–Crippen LogP) is 3.50. The van der Waals surface area contributed by atoms with Crippen LogP contribution in [0.3, 0.4) is 0 Å². The van der Waals surface area contributed by atoms with Gasteiger partial charge in [-0.1, -0.05) is 12.8 Å². The molecule has 0 bridgehead atoms. The lowest BCUT2D eigenvalue weighted by Gasteiger charge is -2.15. The van der Waals surface area contributed by atoms with E-state index in [0.717, 1.165) is 10.2 Å². The van der Waals surface area contributed by atoms with E-state index in [9.17, 15) is 4.79 Å². The van der Waals surface area contributed by atoms with Gasteiger partial charge < -0.3 is 10.4 Å². The van der Waals surface area contributed by atoms with Crippen molar-refractivity contribution in [2.75, 3.05) is 5.32 Å². The van der Waals surface area contributed by atoms with E-state index >= 15 is 0 Å². The van der Waals surface area contributed by atoms with E-state index in [2.05, 4.69) is 21.2 Å². The molecule has 2 rings (SSSR count). The van der Waals surface area contributed by atoms with E-state index < -0.39 is 5.97 Å².